The van der Waals surface area contributed by atoms with Crippen molar-refractivity contribution in [3.05, 3.63) is 5.89 Å². The predicted molar refractivity (Wildman–Crippen MR) is 71.0 cm³/mol. The standard InChI is InChI=1S/C13H22N4O2/c1-17(9-11-4-2-3-7-18-11)13-16-15-12(19-13)8-14-10-5-6-10/h10-11,14H,2-9H2,1H3. The first kappa shape index (κ1) is 12.9. The lowest BCUT2D eigenvalue weighted by molar-refractivity contribution is 0.0211. The number of hydrogen-bond donors (Lipinski definition) is 1. The maximum absolute atomic E-state index is 5.72. The summed E-state index contributed by atoms with van der Waals surface area (Å²) >= 11 is 0. The molecular formula is C13H22N4O2. The third-order valence-corrected chi connectivity index (χ3v) is 3.65. The van der Waals surface area contributed by atoms with E-state index in [0.29, 0.717) is 30.6 Å². The lowest BCUT2D eigenvalue weighted by Crippen LogP contribution is -2.33. The van der Waals surface area contributed by atoms with E-state index in [1.807, 2.05) is 11.9 Å². The summed E-state index contributed by atoms with van der Waals surface area (Å²) in [5.41, 5.74) is 0. The second-order valence-corrected chi connectivity index (χ2v) is 5.50. The number of hydrogen-bond acceptors (Lipinski definition) is 6. The zero-order valence-electron chi connectivity index (χ0n) is 11.5. The summed E-state index contributed by atoms with van der Waals surface area (Å²) in [7, 11) is 1.98. The molecule has 2 aliphatic rings. The molecule has 1 unspecified atom stereocenters. The predicted octanol–water partition coefficient (Wildman–Crippen LogP) is 1.33. The van der Waals surface area contributed by atoms with E-state index in [-0.39, 0.29) is 0 Å². The molecular weight excluding hydrogens is 244 g/mol. The molecule has 2 heterocycles. The fraction of sp³-hybridized carbons (Fsp3) is 0.846. The summed E-state index contributed by atoms with van der Waals surface area (Å²) in [5.74, 6) is 0.665. The van der Waals surface area contributed by atoms with Crippen LogP contribution in [0.25, 0.3) is 0 Å². The van der Waals surface area contributed by atoms with Crippen LogP contribution < -0.4 is 10.2 Å². The molecule has 0 amide bonds. The van der Waals surface area contributed by atoms with Gasteiger partial charge in [-0.25, -0.2) is 0 Å². The smallest absolute Gasteiger partial charge is 0.318 e. The van der Waals surface area contributed by atoms with Crippen molar-refractivity contribution in [3.8, 4) is 0 Å². The van der Waals surface area contributed by atoms with Crippen LogP contribution in [0.4, 0.5) is 6.01 Å². The Labute approximate surface area is 113 Å². The number of anilines is 1. The van der Waals surface area contributed by atoms with Gasteiger partial charge in [0.25, 0.3) is 0 Å². The van der Waals surface area contributed by atoms with Crippen LogP contribution in [-0.2, 0) is 11.3 Å². The second kappa shape index (κ2) is 5.88. The monoisotopic (exact) mass is 266 g/mol. The third kappa shape index (κ3) is 3.67. The molecule has 6 heteroatoms. The number of nitrogens with one attached hydrogen (secondary N) is 1. The van der Waals surface area contributed by atoms with Crippen LogP contribution in [0, 0.1) is 0 Å². The summed E-state index contributed by atoms with van der Waals surface area (Å²) in [4.78, 5) is 1.99. The first-order valence-corrected chi connectivity index (χ1v) is 7.20. The van der Waals surface area contributed by atoms with Gasteiger partial charge in [0.1, 0.15) is 0 Å². The molecule has 0 bridgehead atoms. The molecule has 1 N–H and O–H groups in total. The summed E-state index contributed by atoms with van der Waals surface area (Å²) in [5, 5.41) is 11.5. The molecule has 0 spiro atoms. The SMILES string of the molecule is CN(CC1CCCCO1)c1nnc(CNC2CC2)o1. The molecule has 1 aliphatic carbocycles. The van der Waals surface area contributed by atoms with Gasteiger partial charge in [0, 0.05) is 26.2 Å². The number of aromatic nitrogens is 2. The number of rotatable bonds is 6. The Morgan fingerprint density at radius 3 is 2.89 bits per heavy atom. The molecule has 106 valence electrons. The van der Waals surface area contributed by atoms with Crippen molar-refractivity contribution in [1.82, 2.24) is 15.5 Å². The zero-order valence-corrected chi connectivity index (χ0v) is 11.5. The van der Waals surface area contributed by atoms with Crippen molar-refractivity contribution in [3.63, 3.8) is 0 Å². The topological polar surface area (TPSA) is 63.4 Å². The van der Waals surface area contributed by atoms with Gasteiger partial charge in [-0.3, -0.25) is 0 Å². The third-order valence-electron chi connectivity index (χ3n) is 3.65. The highest BCUT2D eigenvalue weighted by Gasteiger charge is 2.22. The van der Waals surface area contributed by atoms with E-state index in [4.69, 9.17) is 9.15 Å². The van der Waals surface area contributed by atoms with Gasteiger partial charge in [-0.1, -0.05) is 5.10 Å². The van der Waals surface area contributed by atoms with E-state index in [0.717, 1.165) is 19.6 Å². The van der Waals surface area contributed by atoms with Crippen molar-refractivity contribution in [2.24, 2.45) is 0 Å². The second-order valence-electron chi connectivity index (χ2n) is 5.50. The molecule has 1 aromatic rings. The van der Waals surface area contributed by atoms with Crippen molar-refractivity contribution >= 4 is 6.01 Å². The average molecular weight is 266 g/mol. The van der Waals surface area contributed by atoms with E-state index in [1.165, 1.54) is 25.7 Å². The first-order chi connectivity index (χ1) is 9.31. The summed E-state index contributed by atoms with van der Waals surface area (Å²) in [6.45, 7) is 2.36. The summed E-state index contributed by atoms with van der Waals surface area (Å²) < 4.78 is 11.4. The highest BCUT2D eigenvalue weighted by atomic mass is 16.5. The lowest BCUT2D eigenvalue weighted by Gasteiger charge is -2.26. The molecule has 19 heavy (non-hydrogen) atoms. The molecule has 6 nitrogen and oxygen atoms in total. The molecule has 1 saturated carbocycles. The Hall–Kier alpha value is -1.14. The van der Waals surface area contributed by atoms with Crippen LogP contribution in [0.15, 0.2) is 4.42 Å². The Kier molecular flexibility index (Phi) is 3.98. The molecule has 0 radical (unpaired) electrons. The van der Waals surface area contributed by atoms with Gasteiger partial charge in [-0.05, 0) is 32.1 Å². The molecule has 1 aliphatic heterocycles. The van der Waals surface area contributed by atoms with E-state index in [2.05, 4.69) is 15.5 Å². The molecule has 1 atom stereocenters. The normalized spacial score (nSPS) is 23.5. The molecule has 2 fully saturated rings. The van der Waals surface area contributed by atoms with Crippen molar-refractivity contribution < 1.29 is 9.15 Å². The minimum absolute atomic E-state index is 0.290. The van der Waals surface area contributed by atoms with Gasteiger partial charge < -0.3 is 19.4 Å². The lowest BCUT2D eigenvalue weighted by atomic mass is 10.1. The van der Waals surface area contributed by atoms with Crippen LogP contribution in [-0.4, -0.2) is 42.5 Å². The van der Waals surface area contributed by atoms with Crippen LogP contribution in [0.5, 0.6) is 0 Å². The highest BCUT2D eigenvalue weighted by molar-refractivity contribution is 5.22. The van der Waals surface area contributed by atoms with E-state index in [9.17, 15) is 0 Å². The van der Waals surface area contributed by atoms with Crippen molar-refractivity contribution in [1.29, 1.82) is 0 Å². The van der Waals surface area contributed by atoms with Gasteiger partial charge >= 0.3 is 6.01 Å². The Bertz CT molecular complexity index is 399. The maximum atomic E-state index is 5.72. The fourth-order valence-electron chi connectivity index (χ4n) is 2.32. The van der Waals surface area contributed by atoms with E-state index in [1.54, 1.807) is 0 Å². The quantitative estimate of drug-likeness (QED) is 0.838. The van der Waals surface area contributed by atoms with E-state index >= 15 is 0 Å². The largest absolute Gasteiger partial charge is 0.407 e. The Morgan fingerprint density at radius 1 is 1.26 bits per heavy atom. The number of nitrogens with zero attached hydrogens (tertiary/aromatic N) is 3. The minimum atomic E-state index is 0.290. The van der Waals surface area contributed by atoms with Gasteiger partial charge in [-0.15, -0.1) is 5.10 Å². The fourth-order valence-corrected chi connectivity index (χ4v) is 2.32. The molecule has 0 aromatic carbocycles. The maximum Gasteiger partial charge on any atom is 0.318 e. The number of ether oxygens (including phenoxy) is 1. The van der Waals surface area contributed by atoms with E-state index < -0.39 is 0 Å². The van der Waals surface area contributed by atoms with Crippen LogP contribution >= 0.6 is 0 Å². The molecule has 1 aromatic heterocycles. The number of likely N-dealkylation sites (N-methyl/N-ethyl adjacent to an activating group) is 1. The first-order valence-electron chi connectivity index (χ1n) is 7.20. The van der Waals surface area contributed by atoms with Crippen LogP contribution in [0.3, 0.4) is 0 Å². The van der Waals surface area contributed by atoms with Crippen LogP contribution in [0.1, 0.15) is 38.0 Å². The van der Waals surface area contributed by atoms with Gasteiger partial charge in [0.05, 0.1) is 12.6 Å². The van der Waals surface area contributed by atoms with Gasteiger partial charge in [0.2, 0.25) is 5.89 Å². The molecule has 1 saturated heterocycles. The Morgan fingerprint density at radius 2 is 2.16 bits per heavy atom. The van der Waals surface area contributed by atoms with Gasteiger partial charge in [0.15, 0.2) is 0 Å². The van der Waals surface area contributed by atoms with Crippen molar-refractivity contribution in [2.75, 3.05) is 25.1 Å². The minimum Gasteiger partial charge on any atom is -0.407 e. The average Bonchev–Trinajstić information content (AvgIpc) is 3.14. The Balaban J connectivity index is 1.48. The van der Waals surface area contributed by atoms with Gasteiger partial charge in [-0.2, -0.15) is 0 Å². The molecule has 3 rings (SSSR count). The summed E-state index contributed by atoms with van der Waals surface area (Å²) in [6, 6.07) is 1.24. The summed E-state index contributed by atoms with van der Waals surface area (Å²) in [6.07, 6.45) is 6.36. The van der Waals surface area contributed by atoms with Crippen LogP contribution in [0.2, 0.25) is 0 Å². The zero-order chi connectivity index (χ0) is 13.1. The van der Waals surface area contributed by atoms with Crippen molar-refractivity contribution in [2.45, 2.75) is 50.8 Å². The highest BCUT2D eigenvalue weighted by Crippen LogP contribution is 2.20.